The minimum atomic E-state index is -0.402. The molecular formula is C16H21FN2O. The highest BCUT2D eigenvalue weighted by molar-refractivity contribution is 5.94. The number of rotatable bonds is 1. The molecule has 108 valence electrons. The molecule has 3 rings (SSSR count). The first-order chi connectivity index (χ1) is 9.60. The van der Waals surface area contributed by atoms with Gasteiger partial charge in [-0.05, 0) is 62.4 Å². The van der Waals surface area contributed by atoms with Gasteiger partial charge in [0.15, 0.2) is 0 Å². The summed E-state index contributed by atoms with van der Waals surface area (Å²) in [6.07, 6.45) is 3.29. The van der Waals surface area contributed by atoms with Crippen molar-refractivity contribution in [3.63, 3.8) is 0 Å². The van der Waals surface area contributed by atoms with Gasteiger partial charge < -0.3 is 10.2 Å². The molecule has 4 heteroatoms. The molecule has 1 spiro atoms. The fourth-order valence-corrected chi connectivity index (χ4v) is 3.44. The molecule has 20 heavy (non-hydrogen) atoms. The maximum Gasteiger partial charge on any atom is 0.256 e. The Morgan fingerprint density at radius 1 is 1.30 bits per heavy atom. The van der Waals surface area contributed by atoms with Gasteiger partial charge in [-0.25, -0.2) is 4.39 Å². The van der Waals surface area contributed by atoms with E-state index in [9.17, 15) is 9.18 Å². The average Bonchev–Trinajstić information content (AvgIpc) is 2.83. The highest BCUT2D eigenvalue weighted by Gasteiger charge is 2.40. The number of nitrogens with one attached hydrogen (secondary N) is 1. The summed E-state index contributed by atoms with van der Waals surface area (Å²) >= 11 is 0. The number of hydrogen-bond donors (Lipinski definition) is 1. The number of halogens is 1. The zero-order valence-corrected chi connectivity index (χ0v) is 11.9. The van der Waals surface area contributed by atoms with E-state index in [1.165, 1.54) is 6.07 Å². The lowest BCUT2D eigenvalue weighted by Gasteiger charge is -2.33. The van der Waals surface area contributed by atoms with E-state index in [1.54, 1.807) is 12.1 Å². The number of carbonyl (C=O) groups excluding carboxylic acids is 1. The summed E-state index contributed by atoms with van der Waals surface area (Å²) in [6, 6.07) is 4.84. The zero-order chi connectivity index (χ0) is 14.2. The van der Waals surface area contributed by atoms with Crippen LogP contribution >= 0.6 is 0 Å². The van der Waals surface area contributed by atoms with Crippen molar-refractivity contribution >= 4 is 5.91 Å². The van der Waals surface area contributed by atoms with Crippen LogP contribution in [0.3, 0.4) is 0 Å². The van der Waals surface area contributed by atoms with Gasteiger partial charge in [0.2, 0.25) is 0 Å². The average molecular weight is 276 g/mol. The van der Waals surface area contributed by atoms with E-state index >= 15 is 0 Å². The summed E-state index contributed by atoms with van der Waals surface area (Å²) in [7, 11) is 0. The Kier molecular flexibility index (Phi) is 3.50. The Bertz CT molecular complexity index is 523. The van der Waals surface area contributed by atoms with Crippen molar-refractivity contribution in [2.75, 3.05) is 26.2 Å². The molecule has 1 aromatic carbocycles. The molecule has 0 atom stereocenters. The number of amides is 1. The van der Waals surface area contributed by atoms with Crippen LogP contribution in [0.4, 0.5) is 4.39 Å². The van der Waals surface area contributed by atoms with Crippen LogP contribution in [-0.4, -0.2) is 37.0 Å². The molecule has 2 heterocycles. The van der Waals surface area contributed by atoms with Crippen LogP contribution in [0.2, 0.25) is 0 Å². The second-order valence-electron chi connectivity index (χ2n) is 6.21. The third-order valence-electron chi connectivity index (χ3n) is 4.74. The maximum atomic E-state index is 13.9. The molecular weight excluding hydrogens is 255 g/mol. The minimum absolute atomic E-state index is 0.155. The van der Waals surface area contributed by atoms with E-state index in [0.717, 1.165) is 51.0 Å². The van der Waals surface area contributed by atoms with Crippen molar-refractivity contribution in [3.05, 3.63) is 35.1 Å². The van der Waals surface area contributed by atoms with E-state index < -0.39 is 5.82 Å². The number of carbonyl (C=O) groups is 1. The van der Waals surface area contributed by atoms with Crippen LogP contribution < -0.4 is 5.32 Å². The molecule has 0 bridgehead atoms. The van der Waals surface area contributed by atoms with Crippen molar-refractivity contribution in [1.82, 2.24) is 10.2 Å². The van der Waals surface area contributed by atoms with Gasteiger partial charge in [-0.2, -0.15) is 0 Å². The summed E-state index contributed by atoms with van der Waals surface area (Å²) < 4.78 is 13.9. The summed E-state index contributed by atoms with van der Waals surface area (Å²) in [5, 5.41) is 3.36. The Labute approximate surface area is 119 Å². The second-order valence-corrected chi connectivity index (χ2v) is 6.21. The van der Waals surface area contributed by atoms with Crippen molar-refractivity contribution in [1.29, 1.82) is 0 Å². The fraction of sp³-hybridized carbons (Fsp3) is 0.562. The predicted octanol–water partition coefficient (Wildman–Crippen LogP) is 2.35. The zero-order valence-electron chi connectivity index (χ0n) is 11.9. The van der Waals surface area contributed by atoms with Crippen LogP contribution in [-0.2, 0) is 0 Å². The van der Waals surface area contributed by atoms with Gasteiger partial charge in [-0.15, -0.1) is 0 Å². The topological polar surface area (TPSA) is 32.3 Å². The van der Waals surface area contributed by atoms with Crippen molar-refractivity contribution in [2.24, 2.45) is 5.41 Å². The van der Waals surface area contributed by atoms with Crippen molar-refractivity contribution in [2.45, 2.75) is 26.2 Å². The van der Waals surface area contributed by atoms with Crippen LogP contribution in [0.25, 0.3) is 0 Å². The number of aryl methyl sites for hydroxylation is 1. The van der Waals surface area contributed by atoms with Crippen molar-refractivity contribution in [3.8, 4) is 0 Å². The van der Waals surface area contributed by atoms with Crippen LogP contribution in [0.1, 0.15) is 35.2 Å². The van der Waals surface area contributed by atoms with E-state index in [1.807, 2.05) is 11.8 Å². The lowest BCUT2D eigenvalue weighted by molar-refractivity contribution is 0.0757. The lowest BCUT2D eigenvalue weighted by atomic mass is 9.78. The van der Waals surface area contributed by atoms with E-state index in [0.29, 0.717) is 0 Å². The number of piperidine rings is 1. The molecule has 2 fully saturated rings. The Morgan fingerprint density at radius 3 is 2.75 bits per heavy atom. The van der Waals surface area contributed by atoms with Gasteiger partial charge in [-0.3, -0.25) is 4.79 Å². The molecule has 2 aliphatic rings. The van der Waals surface area contributed by atoms with Gasteiger partial charge in [0.05, 0.1) is 5.56 Å². The largest absolute Gasteiger partial charge is 0.338 e. The molecule has 2 aliphatic heterocycles. The molecule has 1 aromatic rings. The third kappa shape index (κ3) is 2.44. The molecule has 0 saturated carbocycles. The molecule has 1 amide bonds. The lowest BCUT2D eigenvalue weighted by Crippen LogP contribution is -2.39. The summed E-state index contributed by atoms with van der Waals surface area (Å²) in [4.78, 5) is 14.3. The van der Waals surface area contributed by atoms with Gasteiger partial charge in [0, 0.05) is 13.1 Å². The Balaban J connectivity index is 1.75. The highest BCUT2D eigenvalue weighted by atomic mass is 19.1. The SMILES string of the molecule is Cc1ccc(C(=O)N2CCC3(CCNCC3)C2)c(F)c1. The molecule has 0 aromatic heterocycles. The first kappa shape index (κ1) is 13.6. The minimum Gasteiger partial charge on any atom is -0.338 e. The van der Waals surface area contributed by atoms with E-state index in [-0.39, 0.29) is 16.9 Å². The molecule has 1 N–H and O–H groups in total. The Morgan fingerprint density at radius 2 is 2.05 bits per heavy atom. The number of likely N-dealkylation sites (tertiary alicyclic amines) is 1. The highest BCUT2D eigenvalue weighted by Crippen LogP contribution is 2.39. The first-order valence-corrected chi connectivity index (χ1v) is 7.36. The van der Waals surface area contributed by atoms with Gasteiger partial charge >= 0.3 is 0 Å². The summed E-state index contributed by atoms with van der Waals surface area (Å²) in [6.45, 7) is 5.42. The van der Waals surface area contributed by atoms with E-state index in [4.69, 9.17) is 0 Å². The van der Waals surface area contributed by atoms with Gasteiger partial charge in [0.25, 0.3) is 5.91 Å². The normalized spacial score (nSPS) is 21.4. The van der Waals surface area contributed by atoms with Crippen molar-refractivity contribution < 1.29 is 9.18 Å². The third-order valence-corrected chi connectivity index (χ3v) is 4.74. The molecule has 0 aliphatic carbocycles. The van der Waals surface area contributed by atoms with Crippen LogP contribution in [0.15, 0.2) is 18.2 Å². The van der Waals surface area contributed by atoms with E-state index in [2.05, 4.69) is 5.32 Å². The van der Waals surface area contributed by atoms with Gasteiger partial charge in [0.1, 0.15) is 5.82 Å². The molecule has 3 nitrogen and oxygen atoms in total. The van der Waals surface area contributed by atoms with Gasteiger partial charge in [-0.1, -0.05) is 6.07 Å². The Hall–Kier alpha value is -1.42. The molecule has 0 unspecified atom stereocenters. The quantitative estimate of drug-likeness (QED) is 0.854. The summed E-state index contributed by atoms with van der Waals surface area (Å²) in [5.74, 6) is -0.556. The number of nitrogens with zero attached hydrogens (tertiary/aromatic N) is 1. The standard InChI is InChI=1S/C16H21FN2O/c1-12-2-3-13(14(17)10-12)15(20)19-9-6-16(11-19)4-7-18-8-5-16/h2-3,10,18H,4-9,11H2,1H3. The molecule has 2 saturated heterocycles. The smallest absolute Gasteiger partial charge is 0.256 e. The van der Waals surface area contributed by atoms with Crippen LogP contribution in [0.5, 0.6) is 0 Å². The number of benzene rings is 1. The maximum absolute atomic E-state index is 13.9. The monoisotopic (exact) mass is 276 g/mol. The fourth-order valence-electron chi connectivity index (χ4n) is 3.44. The predicted molar refractivity (Wildman–Crippen MR) is 76.2 cm³/mol. The second kappa shape index (κ2) is 5.17. The number of hydrogen-bond acceptors (Lipinski definition) is 2. The first-order valence-electron chi connectivity index (χ1n) is 7.36. The van der Waals surface area contributed by atoms with Crippen LogP contribution in [0, 0.1) is 18.2 Å². The molecule has 0 radical (unpaired) electrons. The summed E-state index contributed by atoms with van der Waals surface area (Å²) in [5.41, 5.74) is 1.32.